The predicted molar refractivity (Wildman–Crippen MR) is 127 cm³/mol. The Morgan fingerprint density at radius 3 is 2.38 bits per heavy atom. The molecular weight excluding hydrogens is 474 g/mol. The van der Waals surface area contributed by atoms with Crippen molar-refractivity contribution in [2.75, 3.05) is 5.75 Å². The molecule has 0 spiro atoms. The van der Waals surface area contributed by atoms with E-state index in [2.05, 4.69) is 0 Å². The van der Waals surface area contributed by atoms with E-state index in [0.29, 0.717) is 28.2 Å². The van der Waals surface area contributed by atoms with Crippen molar-refractivity contribution in [2.45, 2.75) is 19.2 Å². The number of halogens is 3. The van der Waals surface area contributed by atoms with Crippen molar-refractivity contribution in [2.24, 2.45) is 12.8 Å². The van der Waals surface area contributed by atoms with E-state index in [1.807, 2.05) is 6.92 Å². The van der Waals surface area contributed by atoms with E-state index in [4.69, 9.17) is 28.9 Å². The number of hydrogen-bond donors (Lipinski definition) is 1. The van der Waals surface area contributed by atoms with Crippen LogP contribution in [0.25, 0.3) is 11.1 Å². The van der Waals surface area contributed by atoms with Crippen molar-refractivity contribution in [1.29, 1.82) is 0 Å². The van der Waals surface area contributed by atoms with Gasteiger partial charge < -0.3 is 10.3 Å². The number of aromatic nitrogens is 1. The molecule has 3 rings (SSSR count). The Morgan fingerprint density at radius 2 is 1.78 bits per heavy atom. The molecule has 0 radical (unpaired) electrons. The van der Waals surface area contributed by atoms with E-state index in [0.717, 1.165) is 17.7 Å². The quantitative estimate of drug-likeness (QED) is 0.491. The summed E-state index contributed by atoms with van der Waals surface area (Å²) in [5.41, 5.74) is 8.24. The van der Waals surface area contributed by atoms with Gasteiger partial charge in [-0.15, -0.1) is 0 Å². The number of rotatable bonds is 7. The van der Waals surface area contributed by atoms with Crippen LogP contribution in [0.15, 0.2) is 47.4 Å². The molecule has 0 amide bonds. The molecule has 32 heavy (non-hydrogen) atoms. The second-order valence-electron chi connectivity index (χ2n) is 7.19. The van der Waals surface area contributed by atoms with E-state index >= 15 is 0 Å². The van der Waals surface area contributed by atoms with Crippen LogP contribution in [-0.4, -0.2) is 20.3 Å². The summed E-state index contributed by atoms with van der Waals surface area (Å²) in [6.07, 6.45) is 1.60. The van der Waals surface area contributed by atoms with Crippen molar-refractivity contribution < 1.29 is 13.4 Å². The highest BCUT2D eigenvalue weighted by atomic mass is 35.5. The zero-order valence-electron chi connectivity index (χ0n) is 17.5. The third kappa shape index (κ3) is 5.02. The number of benzene rings is 2. The number of carbonyl (C=O) groups is 1. The average molecular weight is 495 g/mol. The maximum Gasteiger partial charge on any atom is 0.250 e. The number of ketones is 1. The lowest BCUT2D eigenvalue weighted by Gasteiger charge is -2.16. The molecule has 168 valence electrons. The van der Waals surface area contributed by atoms with Crippen LogP contribution in [0.1, 0.15) is 34.0 Å². The Balaban J connectivity index is 2.28. The van der Waals surface area contributed by atoms with Crippen LogP contribution in [0.2, 0.25) is 10.0 Å². The lowest BCUT2D eigenvalue weighted by molar-refractivity contribution is 0.103. The summed E-state index contributed by atoms with van der Waals surface area (Å²) in [6, 6.07) is 8.53. The fraction of sp³-hybridized carbons (Fsp3) is 0.217. The highest BCUT2D eigenvalue weighted by Gasteiger charge is 2.23. The number of pyridine rings is 1. The van der Waals surface area contributed by atoms with Gasteiger partial charge in [-0.05, 0) is 34.9 Å². The minimum absolute atomic E-state index is 0.0278. The summed E-state index contributed by atoms with van der Waals surface area (Å²) in [7, 11) is 0.525. The molecule has 3 aromatic rings. The minimum Gasteiger partial charge on any atom is -0.326 e. The molecule has 0 aliphatic rings. The van der Waals surface area contributed by atoms with Gasteiger partial charge in [0.25, 0.3) is 5.56 Å². The van der Waals surface area contributed by atoms with Crippen LogP contribution in [0.3, 0.4) is 0 Å². The molecule has 0 bridgehead atoms. The Labute approximate surface area is 197 Å². The van der Waals surface area contributed by atoms with Gasteiger partial charge in [0.05, 0.1) is 15.6 Å². The molecule has 1 aromatic heterocycles. The van der Waals surface area contributed by atoms with Crippen LogP contribution in [0.5, 0.6) is 0 Å². The average Bonchev–Trinajstić information content (AvgIpc) is 2.74. The molecule has 1 atom stereocenters. The van der Waals surface area contributed by atoms with Crippen molar-refractivity contribution >= 4 is 39.8 Å². The van der Waals surface area contributed by atoms with Gasteiger partial charge in [-0.3, -0.25) is 13.8 Å². The first-order valence-corrected chi connectivity index (χ1v) is 12.0. The largest absolute Gasteiger partial charge is 0.326 e. The van der Waals surface area contributed by atoms with Gasteiger partial charge in [-0.1, -0.05) is 42.3 Å². The number of nitrogens with two attached hydrogens (primary N) is 1. The lowest BCUT2D eigenvalue weighted by Crippen LogP contribution is -2.18. The number of aryl methyl sites for hydroxylation is 1. The first-order valence-electron chi connectivity index (χ1n) is 9.73. The topological polar surface area (TPSA) is 82.2 Å². The van der Waals surface area contributed by atoms with Gasteiger partial charge in [-0.25, -0.2) is 4.39 Å². The molecular formula is C23H21Cl2FN2O3S. The van der Waals surface area contributed by atoms with Crippen LogP contribution in [0.4, 0.5) is 4.39 Å². The molecule has 2 aromatic carbocycles. The summed E-state index contributed by atoms with van der Waals surface area (Å²) in [5, 5.41) is -0.219. The van der Waals surface area contributed by atoms with Crippen molar-refractivity contribution in [1.82, 2.24) is 4.57 Å². The smallest absolute Gasteiger partial charge is 0.250 e. The Bertz CT molecular complexity index is 1270. The van der Waals surface area contributed by atoms with Gasteiger partial charge in [0.15, 0.2) is 5.78 Å². The summed E-state index contributed by atoms with van der Waals surface area (Å²) in [6.45, 7) is 1.90. The zero-order valence-corrected chi connectivity index (χ0v) is 19.8. The first kappa shape index (κ1) is 24.3. The molecule has 0 saturated carbocycles. The van der Waals surface area contributed by atoms with Gasteiger partial charge in [0.2, 0.25) is 0 Å². The maximum absolute atomic E-state index is 13.7. The van der Waals surface area contributed by atoms with E-state index in [1.54, 1.807) is 31.4 Å². The predicted octanol–water partition coefficient (Wildman–Crippen LogP) is 4.46. The van der Waals surface area contributed by atoms with Gasteiger partial charge in [0.1, 0.15) is 5.82 Å². The minimum atomic E-state index is -1.07. The standard InChI is InChI=1S/C23H21Cl2FN2O3S/c1-3-32(31)12-13-4-5-16(23(30)22-19(24)8-15(26)9-20(22)25)17(6-13)18-11-28(2)21(29)7-14(18)10-27/h4-9,11H,3,10,12,27H2,1-2H3. The Morgan fingerprint density at radius 1 is 1.12 bits per heavy atom. The SMILES string of the molecule is CCS(=O)Cc1ccc(C(=O)c2c(Cl)cc(F)cc2Cl)c(-c2cn(C)c(=O)cc2CN)c1. The summed E-state index contributed by atoms with van der Waals surface area (Å²) in [5.74, 6) is -0.364. The third-order valence-electron chi connectivity index (χ3n) is 5.04. The molecule has 1 heterocycles. The van der Waals surface area contributed by atoms with E-state index in [-0.39, 0.29) is 33.3 Å². The van der Waals surface area contributed by atoms with E-state index in [9.17, 15) is 18.2 Å². The summed E-state index contributed by atoms with van der Waals surface area (Å²) >= 11 is 12.3. The summed E-state index contributed by atoms with van der Waals surface area (Å²) in [4.78, 5) is 25.6. The molecule has 0 aliphatic heterocycles. The van der Waals surface area contributed by atoms with Gasteiger partial charge in [0, 0.05) is 59.3 Å². The van der Waals surface area contributed by atoms with Crippen LogP contribution in [-0.2, 0) is 30.1 Å². The van der Waals surface area contributed by atoms with E-state index in [1.165, 1.54) is 10.6 Å². The van der Waals surface area contributed by atoms with Crippen molar-refractivity contribution in [3.63, 3.8) is 0 Å². The maximum atomic E-state index is 13.7. The normalized spacial score (nSPS) is 12.1. The summed E-state index contributed by atoms with van der Waals surface area (Å²) < 4.78 is 27.2. The lowest BCUT2D eigenvalue weighted by atomic mass is 9.91. The second kappa shape index (κ2) is 10.1. The zero-order chi connectivity index (χ0) is 23.6. The van der Waals surface area contributed by atoms with Crippen LogP contribution >= 0.6 is 23.2 Å². The van der Waals surface area contributed by atoms with Crippen molar-refractivity contribution in [3.8, 4) is 11.1 Å². The first-order chi connectivity index (χ1) is 15.2. The fourth-order valence-corrected chi connectivity index (χ4v) is 4.75. The Hall–Kier alpha value is -2.32. The molecule has 2 N–H and O–H groups in total. The highest BCUT2D eigenvalue weighted by Crippen LogP contribution is 2.34. The Kier molecular flexibility index (Phi) is 7.67. The van der Waals surface area contributed by atoms with Gasteiger partial charge in [-0.2, -0.15) is 0 Å². The molecule has 0 saturated heterocycles. The van der Waals surface area contributed by atoms with Crippen LogP contribution < -0.4 is 11.3 Å². The molecule has 1 unspecified atom stereocenters. The van der Waals surface area contributed by atoms with Gasteiger partial charge >= 0.3 is 0 Å². The molecule has 5 nitrogen and oxygen atoms in total. The number of hydrogen-bond acceptors (Lipinski definition) is 4. The number of nitrogens with zero attached hydrogens (tertiary/aromatic N) is 1. The number of carbonyl (C=O) groups excluding carboxylic acids is 1. The second-order valence-corrected chi connectivity index (χ2v) is 9.75. The molecule has 0 aliphatic carbocycles. The van der Waals surface area contributed by atoms with Crippen molar-refractivity contribution in [3.05, 3.63) is 91.1 Å². The van der Waals surface area contributed by atoms with E-state index < -0.39 is 22.4 Å². The molecule has 9 heteroatoms. The highest BCUT2D eigenvalue weighted by molar-refractivity contribution is 7.84. The monoisotopic (exact) mass is 494 g/mol. The van der Waals surface area contributed by atoms with Crippen LogP contribution in [0, 0.1) is 5.82 Å². The fourth-order valence-electron chi connectivity index (χ4n) is 3.36. The molecule has 0 fully saturated rings. The third-order valence-corrected chi connectivity index (χ3v) is 6.93.